The largest absolute Gasteiger partial charge is 0.325 e. The fourth-order valence-electron chi connectivity index (χ4n) is 2.83. The average molecular weight is 339 g/mol. The number of anilines is 1. The van der Waals surface area contributed by atoms with Gasteiger partial charge < -0.3 is 10.6 Å². The van der Waals surface area contributed by atoms with E-state index < -0.39 is 0 Å². The Balaban J connectivity index is 1.74. The molecule has 0 bridgehead atoms. The first-order valence-corrected chi connectivity index (χ1v) is 8.23. The van der Waals surface area contributed by atoms with E-state index in [1.807, 2.05) is 24.3 Å². The summed E-state index contributed by atoms with van der Waals surface area (Å²) in [5, 5.41) is 6.27. The van der Waals surface area contributed by atoms with E-state index in [0.717, 1.165) is 16.1 Å². The second-order valence-corrected chi connectivity index (χ2v) is 6.54. The SMILES string of the molecule is C[C@@H](NCC(=O)Nc1cccc(Br)c1)C1CCCCC1. The van der Waals surface area contributed by atoms with Gasteiger partial charge in [0.1, 0.15) is 0 Å². The molecule has 0 saturated heterocycles. The standard InChI is InChI=1S/C16H23BrN2O/c1-12(13-6-3-2-4-7-13)18-11-16(20)19-15-9-5-8-14(17)10-15/h5,8-10,12-13,18H,2-4,6-7,11H2,1H3,(H,19,20)/t12-/m1/s1. The van der Waals surface area contributed by atoms with Crippen molar-refractivity contribution >= 4 is 27.5 Å². The molecule has 20 heavy (non-hydrogen) atoms. The molecule has 1 amide bonds. The fraction of sp³-hybridized carbons (Fsp3) is 0.562. The van der Waals surface area contributed by atoms with Crippen molar-refractivity contribution in [1.29, 1.82) is 0 Å². The molecule has 2 N–H and O–H groups in total. The van der Waals surface area contributed by atoms with Crippen molar-refractivity contribution in [2.24, 2.45) is 5.92 Å². The molecule has 1 atom stereocenters. The lowest BCUT2D eigenvalue weighted by Gasteiger charge is -2.28. The van der Waals surface area contributed by atoms with E-state index in [9.17, 15) is 4.79 Å². The average Bonchev–Trinajstić information content (AvgIpc) is 2.46. The fourth-order valence-corrected chi connectivity index (χ4v) is 3.23. The summed E-state index contributed by atoms with van der Waals surface area (Å²) >= 11 is 3.40. The number of nitrogens with one attached hydrogen (secondary N) is 2. The van der Waals surface area contributed by atoms with E-state index in [-0.39, 0.29) is 5.91 Å². The number of carbonyl (C=O) groups is 1. The first kappa shape index (κ1) is 15.5. The zero-order chi connectivity index (χ0) is 14.4. The van der Waals surface area contributed by atoms with E-state index in [2.05, 4.69) is 33.5 Å². The minimum atomic E-state index is 0.0192. The van der Waals surface area contributed by atoms with Gasteiger partial charge in [-0.05, 0) is 43.9 Å². The summed E-state index contributed by atoms with van der Waals surface area (Å²) in [6.45, 7) is 2.58. The highest BCUT2D eigenvalue weighted by Gasteiger charge is 2.20. The number of halogens is 1. The number of carbonyl (C=O) groups excluding carboxylic acids is 1. The molecule has 1 aromatic carbocycles. The van der Waals surface area contributed by atoms with Crippen LogP contribution in [0, 0.1) is 5.92 Å². The normalized spacial score (nSPS) is 17.7. The molecule has 1 aliphatic rings. The lowest BCUT2D eigenvalue weighted by atomic mass is 9.84. The van der Waals surface area contributed by atoms with E-state index >= 15 is 0 Å². The van der Waals surface area contributed by atoms with Crippen LogP contribution in [-0.4, -0.2) is 18.5 Å². The third-order valence-electron chi connectivity index (χ3n) is 4.05. The Kier molecular flexibility index (Phi) is 6.05. The van der Waals surface area contributed by atoms with Gasteiger partial charge in [-0.15, -0.1) is 0 Å². The van der Waals surface area contributed by atoms with Crippen LogP contribution in [0.5, 0.6) is 0 Å². The minimum absolute atomic E-state index is 0.0192. The molecular weight excluding hydrogens is 316 g/mol. The molecule has 4 heteroatoms. The van der Waals surface area contributed by atoms with Crippen molar-refractivity contribution < 1.29 is 4.79 Å². The molecule has 1 saturated carbocycles. The molecule has 0 radical (unpaired) electrons. The molecule has 1 aliphatic carbocycles. The van der Waals surface area contributed by atoms with Gasteiger partial charge in [-0.1, -0.05) is 41.3 Å². The second-order valence-electron chi connectivity index (χ2n) is 5.63. The molecule has 0 unspecified atom stereocenters. The molecule has 2 rings (SSSR count). The molecule has 1 aromatic rings. The highest BCUT2D eigenvalue weighted by atomic mass is 79.9. The number of amides is 1. The number of rotatable bonds is 5. The van der Waals surface area contributed by atoms with Gasteiger partial charge >= 0.3 is 0 Å². The first-order valence-electron chi connectivity index (χ1n) is 7.44. The Hall–Kier alpha value is -0.870. The van der Waals surface area contributed by atoms with Crippen molar-refractivity contribution in [2.75, 3.05) is 11.9 Å². The van der Waals surface area contributed by atoms with Gasteiger partial charge in [-0.2, -0.15) is 0 Å². The van der Waals surface area contributed by atoms with Crippen molar-refractivity contribution in [3.63, 3.8) is 0 Å². The van der Waals surface area contributed by atoms with Crippen LogP contribution in [0.15, 0.2) is 28.7 Å². The number of benzene rings is 1. The predicted molar refractivity (Wildman–Crippen MR) is 86.8 cm³/mol. The Morgan fingerprint density at radius 3 is 2.80 bits per heavy atom. The van der Waals surface area contributed by atoms with Crippen LogP contribution in [0.1, 0.15) is 39.0 Å². The number of hydrogen-bond donors (Lipinski definition) is 2. The van der Waals surface area contributed by atoms with E-state index in [0.29, 0.717) is 12.6 Å². The van der Waals surface area contributed by atoms with Crippen molar-refractivity contribution in [1.82, 2.24) is 5.32 Å². The van der Waals surface area contributed by atoms with Crippen molar-refractivity contribution in [3.05, 3.63) is 28.7 Å². The Morgan fingerprint density at radius 1 is 1.35 bits per heavy atom. The molecule has 0 spiro atoms. The van der Waals surface area contributed by atoms with Crippen LogP contribution >= 0.6 is 15.9 Å². The zero-order valence-electron chi connectivity index (χ0n) is 12.0. The molecule has 110 valence electrons. The van der Waals surface area contributed by atoms with Gasteiger partial charge in [-0.25, -0.2) is 0 Å². The maximum Gasteiger partial charge on any atom is 0.238 e. The Bertz CT molecular complexity index is 444. The maximum absolute atomic E-state index is 11.9. The van der Waals surface area contributed by atoms with Gasteiger partial charge in [0.05, 0.1) is 6.54 Å². The van der Waals surface area contributed by atoms with E-state index in [1.165, 1.54) is 32.1 Å². The molecule has 0 heterocycles. The zero-order valence-corrected chi connectivity index (χ0v) is 13.6. The topological polar surface area (TPSA) is 41.1 Å². The van der Waals surface area contributed by atoms with Gasteiger partial charge in [0.2, 0.25) is 5.91 Å². The van der Waals surface area contributed by atoms with Gasteiger partial charge in [0.25, 0.3) is 0 Å². The maximum atomic E-state index is 11.9. The highest BCUT2D eigenvalue weighted by Crippen LogP contribution is 2.26. The summed E-state index contributed by atoms with van der Waals surface area (Å²) in [6.07, 6.45) is 6.62. The van der Waals surface area contributed by atoms with Crippen LogP contribution in [0.25, 0.3) is 0 Å². The first-order chi connectivity index (χ1) is 9.65. The lowest BCUT2D eigenvalue weighted by molar-refractivity contribution is -0.115. The van der Waals surface area contributed by atoms with Crippen molar-refractivity contribution in [2.45, 2.75) is 45.1 Å². The Labute approximate surface area is 129 Å². The second kappa shape index (κ2) is 7.79. The molecule has 3 nitrogen and oxygen atoms in total. The summed E-state index contributed by atoms with van der Waals surface area (Å²) in [5.74, 6) is 0.744. The predicted octanol–water partition coefficient (Wildman–Crippen LogP) is 3.95. The third kappa shape index (κ3) is 4.91. The van der Waals surface area contributed by atoms with Crippen LogP contribution in [0.4, 0.5) is 5.69 Å². The van der Waals surface area contributed by atoms with Crippen LogP contribution in [0.2, 0.25) is 0 Å². The summed E-state index contributed by atoms with van der Waals surface area (Å²) in [4.78, 5) is 11.9. The van der Waals surface area contributed by atoms with E-state index in [1.54, 1.807) is 0 Å². The quantitative estimate of drug-likeness (QED) is 0.853. The van der Waals surface area contributed by atoms with Gasteiger partial charge in [0.15, 0.2) is 0 Å². The summed E-state index contributed by atoms with van der Waals surface area (Å²) in [5.41, 5.74) is 0.830. The summed E-state index contributed by atoms with van der Waals surface area (Å²) in [7, 11) is 0. The smallest absolute Gasteiger partial charge is 0.238 e. The lowest BCUT2D eigenvalue weighted by Crippen LogP contribution is -2.39. The van der Waals surface area contributed by atoms with Gasteiger partial charge in [-0.3, -0.25) is 4.79 Å². The molecule has 1 fully saturated rings. The van der Waals surface area contributed by atoms with Crippen LogP contribution in [-0.2, 0) is 4.79 Å². The summed E-state index contributed by atoms with van der Waals surface area (Å²) in [6, 6.07) is 8.08. The third-order valence-corrected chi connectivity index (χ3v) is 4.54. The summed E-state index contributed by atoms with van der Waals surface area (Å²) < 4.78 is 0.971. The minimum Gasteiger partial charge on any atom is -0.325 e. The van der Waals surface area contributed by atoms with E-state index in [4.69, 9.17) is 0 Å². The molecule has 0 aromatic heterocycles. The van der Waals surface area contributed by atoms with Crippen molar-refractivity contribution in [3.8, 4) is 0 Å². The monoisotopic (exact) mass is 338 g/mol. The number of hydrogen-bond acceptors (Lipinski definition) is 2. The molecular formula is C16H23BrN2O. The van der Waals surface area contributed by atoms with Crippen LogP contribution in [0.3, 0.4) is 0 Å². The van der Waals surface area contributed by atoms with Crippen LogP contribution < -0.4 is 10.6 Å². The van der Waals surface area contributed by atoms with Gasteiger partial charge in [0, 0.05) is 16.2 Å². The molecule has 0 aliphatic heterocycles. The Morgan fingerprint density at radius 2 is 2.10 bits per heavy atom. The highest BCUT2D eigenvalue weighted by molar-refractivity contribution is 9.10.